The van der Waals surface area contributed by atoms with Crippen molar-refractivity contribution < 1.29 is 18.7 Å². The maximum absolute atomic E-state index is 12.8. The fraction of sp³-hybridized carbons (Fsp3) is 0.467. The summed E-state index contributed by atoms with van der Waals surface area (Å²) in [6.45, 7) is 1.11. The highest BCUT2D eigenvalue weighted by molar-refractivity contribution is 5.89. The Kier molecular flexibility index (Phi) is 7.90. The minimum atomic E-state index is -0.688. The summed E-state index contributed by atoms with van der Waals surface area (Å²) in [7, 11) is 1.49. The molecule has 2 rings (SSSR count). The summed E-state index contributed by atoms with van der Waals surface area (Å²) in [5.74, 6) is -0.552. The zero-order chi connectivity index (χ0) is 16.8. The predicted molar refractivity (Wildman–Crippen MR) is 90.6 cm³/mol. The molecule has 1 saturated heterocycles. The molecule has 9 heteroatoms. The van der Waals surface area contributed by atoms with Crippen molar-refractivity contribution in [2.75, 3.05) is 32.1 Å². The number of halogens is 2. The molecule has 0 spiro atoms. The molecule has 24 heavy (non-hydrogen) atoms. The van der Waals surface area contributed by atoms with E-state index in [-0.39, 0.29) is 36.8 Å². The van der Waals surface area contributed by atoms with Gasteiger partial charge in [0.1, 0.15) is 11.9 Å². The predicted octanol–water partition coefficient (Wildman–Crippen LogP) is 0.944. The first-order valence-electron chi connectivity index (χ1n) is 7.36. The van der Waals surface area contributed by atoms with Gasteiger partial charge in [-0.1, -0.05) is 0 Å². The molecule has 0 aliphatic carbocycles. The number of carbonyl (C=O) groups is 2. The van der Waals surface area contributed by atoms with Crippen molar-refractivity contribution in [2.24, 2.45) is 5.73 Å². The molecule has 2 unspecified atom stereocenters. The van der Waals surface area contributed by atoms with Crippen LogP contribution in [0.15, 0.2) is 24.3 Å². The maximum Gasteiger partial charge on any atom is 0.319 e. The zero-order valence-corrected chi connectivity index (χ0v) is 14.1. The number of anilines is 1. The minimum Gasteiger partial charge on any atom is -0.383 e. The quantitative estimate of drug-likeness (QED) is 0.728. The summed E-state index contributed by atoms with van der Waals surface area (Å²) in [6, 6.07) is 4.26. The van der Waals surface area contributed by atoms with Crippen molar-refractivity contribution in [2.45, 2.75) is 18.5 Å². The Hall–Kier alpha value is -1.90. The highest BCUT2D eigenvalue weighted by Crippen LogP contribution is 2.12. The van der Waals surface area contributed by atoms with Crippen LogP contribution in [0.3, 0.4) is 0 Å². The molecule has 134 valence electrons. The lowest BCUT2D eigenvalue weighted by atomic mass is 10.2. The number of hydrogen-bond acceptors (Lipinski definition) is 4. The van der Waals surface area contributed by atoms with Crippen LogP contribution in [-0.4, -0.2) is 55.7 Å². The second-order valence-electron chi connectivity index (χ2n) is 5.44. The molecule has 1 aromatic carbocycles. The Labute approximate surface area is 146 Å². The van der Waals surface area contributed by atoms with Crippen LogP contribution >= 0.6 is 12.4 Å². The molecule has 1 aliphatic rings. The van der Waals surface area contributed by atoms with Crippen LogP contribution < -0.4 is 16.4 Å². The summed E-state index contributed by atoms with van der Waals surface area (Å²) in [4.78, 5) is 25.6. The fourth-order valence-corrected chi connectivity index (χ4v) is 2.45. The lowest BCUT2D eigenvalue weighted by Gasteiger charge is -2.20. The molecule has 4 N–H and O–H groups in total. The maximum atomic E-state index is 12.8. The molecule has 0 bridgehead atoms. The van der Waals surface area contributed by atoms with Crippen LogP contribution in [0.5, 0.6) is 0 Å². The number of carbonyl (C=O) groups excluding carboxylic acids is 2. The first kappa shape index (κ1) is 20.1. The van der Waals surface area contributed by atoms with Gasteiger partial charge in [-0.2, -0.15) is 0 Å². The molecule has 0 saturated carbocycles. The number of methoxy groups -OCH3 is 1. The van der Waals surface area contributed by atoms with E-state index in [1.807, 2.05) is 0 Å². The molecule has 1 fully saturated rings. The standard InChI is InChI=1S/C15H21FN4O3.ClH/c1-23-9-13(17)14(21)20-7-6-12(8-20)19-15(22)18-11-4-2-10(16)3-5-11;/h2-5,12-13H,6-9,17H2,1H3,(H2,18,19,22);1H. The Balaban J connectivity index is 0.00000288. The molecule has 0 radical (unpaired) electrons. The van der Waals surface area contributed by atoms with Gasteiger partial charge < -0.3 is 26.0 Å². The number of likely N-dealkylation sites (tertiary alicyclic amines) is 1. The topological polar surface area (TPSA) is 96.7 Å². The first-order chi connectivity index (χ1) is 11.0. The molecule has 1 heterocycles. The lowest BCUT2D eigenvalue weighted by Crippen LogP contribution is -2.47. The number of rotatable bonds is 5. The molecule has 7 nitrogen and oxygen atoms in total. The Morgan fingerprint density at radius 1 is 1.42 bits per heavy atom. The van der Waals surface area contributed by atoms with E-state index in [9.17, 15) is 14.0 Å². The number of urea groups is 1. The molecular weight excluding hydrogens is 339 g/mol. The highest BCUT2D eigenvalue weighted by Gasteiger charge is 2.30. The third-order valence-electron chi connectivity index (χ3n) is 3.60. The van der Waals surface area contributed by atoms with Crippen molar-refractivity contribution in [3.63, 3.8) is 0 Å². The number of amides is 3. The van der Waals surface area contributed by atoms with E-state index in [0.717, 1.165) is 0 Å². The van der Waals surface area contributed by atoms with Gasteiger partial charge in [0.15, 0.2) is 0 Å². The third-order valence-corrected chi connectivity index (χ3v) is 3.60. The van der Waals surface area contributed by atoms with Gasteiger partial charge in [-0.3, -0.25) is 4.79 Å². The SMILES string of the molecule is COCC(N)C(=O)N1CCC(NC(=O)Nc2ccc(F)cc2)C1.Cl. The van der Waals surface area contributed by atoms with E-state index in [0.29, 0.717) is 25.2 Å². The van der Waals surface area contributed by atoms with Crippen molar-refractivity contribution in [1.29, 1.82) is 0 Å². The average Bonchev–Trinajstić information content (AvgIpc) is 2.97. The molecule has 0 aromatic heterocycles. The van der Waals surface area contributed by atoms with Gasteiger partial charge in [-0.05, 0) is 30.7 Å². The van der Waals surface area contributed by atoms with E-state index in [1.54, 1.807) is 4.90 Å². The van der Waals surface area contributed by atoms with Crippen LogP contribution in [0.25, 0.3) is 0 Å². The van der Waals surface area contributed by atoms with E-state index < -0.39 is 12.1 Å². The largest absolute Gasteiger partial charge is 0.383 e. The van der Waals surface area contributed by atoms with Crippen LogP contribution in [0.2, 0.25) is 0 Å². The van der Waals surface area contributed by atoms with Crippen LogP contribution in [0.1, 0.15) is 6.42 Å². The molecule has 1 aliphatic heterocycles. The Bertz CT molecular complexity index is 558. The molecule has 1 aromatic rings. The van der Waals surface area contributed by atoms with Crippen molar-refractivity contribution >= 4 is 30.0 Å². The van der Waals surface area contributed by atoms with Gasteiger partial charge in [0.25, 0.3) is 0 Å². The molecule has 2 atom stereocenters. The summed E-state index contributed by atoms with van der Waals surface area (Å²) in [6.07, 6.45) is 0.655. The second kappa shape index (κ2) is 9.41. The third kappa shape index (κ3) is 5.63. The number of hydrogen-bond donors (Lipinski definition) is 3. The summed E-state index contributed by atoms with van der Waals surface area (Å²) in [5, 5.41) is 5.41. The summed E-state index contributed by atoms with van der Waals surface area (Å²) in [5.41, 5.74) is 6.22. The number of benzene rings is 1. The van der Waals surface area contributed by atoms with E-state index >= 15 is 0 Å². The van der Waals surface area contributed by atoms with Gasteiger partial charge in [0.2, 0.25) is 5.91 Å². The first-order valence-corrected chi connectivity index (χ1v) is 7.36. The van der Waals surface area contributed by atoms with Crippen molar-refractivity contribution in [3.8, 4) is 0 Å². The molecule has 3 amide bonds. The minimum absolute atomic E-state index is 0. The fourth-order valence-electron chi connectivity index (χ4n) is 2.45. The zero-order valence-electron chi connectivity index (χ0n) is 13.3. The van der Waals surface area contributed by atoms with Gasteiger partial charge in [-0.15, -0.1) is 12.4 Å². The van der Waals surface area contributed by atoms with Gasteiger partial charge >= 0.3 is 6.03 Å². The average molecular weight is 361 g/mol. The van der Waals surface area contributed by atoms with Gasteiger partial charge in [-0.25, -0.2) is 9.18 Å². The Morgan fingerprint density at radius 2 is 2.08 bits per heavy atom. The smallest absolute Gasteiger partial charge is 0.319 e. The summed E-state index contributed by atoms with van der Waals surface area (Å²) >= 11 is 0. The van der Waals surface area contributed by atoms with E-state index in [2.05, 4.69) is 10.6 Å². The normalized spacial score (nSPS) is 17.8. The number of nitrogens with one attached hydrogen (secondary N) is 2. The van der Waals surface area contributed by atoms with Crippen LogP contribution in [-0.2, 0) is 9.53 Å². The van der Waals surface area contributed by atoms with E-state index in [4.69, 9.17) is 10.5 Å². The van der Waals surface area contributed by atoms with Crippen molar-refractivity contribution in [3.05, 3.63) is 30.1 Å². The molecular formula is C15H22ClFN4O3. The second-order valence-corrected chi connectivity index (χ2v) is 5.44. The van der Waals surface area contributed by atoms with E-state index in [1.165, 1.54) is 31.4 Å². The summed E-state index contributed by atoms with van der Waals surface area (Å²) < 4.78 is 17.7. The van der Waals surface area contributed by atoms with Crippen LogP contribution in [0.4, 0.5) is 14.9 Å². The number of nitrogens with zero attached hydrogens (tertiary/aromatic N) is 1. The van der Waals surface area contributed by atoms with Gasteiger partial charge in [0, 0.05) is 31.9 Å². The van der Waals surface area contributed by atoms with Crippen LogP contribution in [0, 0.1) is 5.82 Å². The number of nitrogens with two attached hydrogens (primary N) is 1. The van der Waals surface area contributed by atoms with Crippen molar-refractivity contribution in [1.82, 2.24) is 10.2 Å². The van der Waals surface area contributed by atoms with Gasteiger partial charge in [0.05, 0.1) is 6.61 Å². The Morgan fingerprint density at radius 3 is 2.71 bits per heavy atom. The number of ether oxygens (including phenoxy) is 1. The monoisotopic (exact) mass is 360 g/mol. The lowest BCUT2D eigenvalue weighted by molar-refractivity contribution is -0.132. The highest BCUT2D eigenvalue weighted by atomic mass is 35.5.